The van der Waals surface area contributed by atoms with Crippen molar-refractivity contribution in [1.29, 1.82) is 0 Å². The van der Waals surface area contributed by atoms with Crippen molar-refractivity contribution in [3.63, 3.8) is 0 Å². The number of rotatable bonds is 3. The summed E-state index contributed by atoms with van der Waals surface area (Å²) in [5.74, 6) is 6.58. The van der Waals surface area contributed by atoms with Crippen LogP contribution in [0.5, 0.6) is 0 Å². The van der Waals surface area contributed by atoms with Gasteiger partial charge in [0.15, 0.2) is 6.39 Å². The van der Waals surface area contributed by atoms with Gasteiger partial charge in [-0.05, 0) is 13.8 Å². The van der Waals surface area contributed by atoms with Crippen molar-refractivity contribution in [2.75, 3.05) is 6.54 Å². The number of hydrazine groups is 1. The van der Waals surface area contributed by atoms with Crippen LogP contribution in [0.15, 0.2) is 15.8 Å². The number of aryl methyl sites for hydroxylation is 1. The third-order valence-corrected chi connectivity index (χ3v) is 1.71. The first-order valence-electron chi connectivity index (χ1n) is 4.41. The Kier molecular flexibility index (Phi) is 3.93. The highest BCUT2D eigenvalue weighted by atomic mass is 16.3. The molecule has 6 heteroatoms. The SMILES string of the molecule is CCNC(=NCc1ncoc1C)NN. The molecule has 0 aliphatic rings. The number of oxazole rings is 1. The second-order valence-electron chi connectivity index (χ2n) is 2.69. The number of guanidine groups is 1. The van der Waals surface area contributed by atoms with E-state index in [9.17, 15) is 0 Å². The van der Waals surface area contributed by atoms with E-state index in [0.29, 0.717) is 12.5 Å². The van der Waals surface area contributed by atoms with Gasteiger partial charge in [-0.3, -0.25) is 5.43 Å². The fourth-order valence-electron chi connectivity index (χ4n) is 0.954. The van der Waals surface area contributed by atoms with E-state index in [4.69, 9.17) is 10.3 Å². The Labute approximate surface area is 82.6 Å². The molecule has 0 aromatic carbocycles. The Bertz CT molecular complexity index is 306. The summed E-state index contributed by atoms with van der Waals surface area (Å²) in [6.07, 6.45) is 1.41. The van der Waals surface area contributed by atoms with Crippen LogP contribution in [0.3, 0.4) is 0 Å². The molecule has 0 saturated heterocycles. The van der Waals surface area contributed by atoms with Gasteiger partial charge < -0.3 is 9.73 Å². The van der Waals surface area contributed by atoms with Crippen LogP contribution < -0.4 is 16.6 Å². The van der Waals surface area contributed by atoms with Crippen molar-refractivity contribution in [2.45, 2.75) is 20.4 Å². The lowest BCUT2D eigenvalue weighted by atomic mass is 10.4. The molecule has 0 atom stereocenters. The molecule has 0 unspecified atom stereocenters. The lowest BCUT2D eigenvalue weighted by molar-refractivity contribution is 0.524. The van der Waals surface area contributed by atoms with Gasteiger partial charge in [0.2, 0.25) is 5.96 Å². The zero-order chi connectivity index (χ0) is 10.4. The zero-order valence-corrected chi connectivity index (χ0v) is 8.37. The molecule has 0 spiro atoms. The summed E-state index contributed by atoms with van der Waals surface area (Å²) < 4.78 is 5.04. The molecule has 1 aromatic heterocycles. The first-order valence-corrected chi connectivity index (χ1v) is 4.41. The Morgan fingerprint density at radius 2 is 2.50 bits per heavy atom. The van der Waals surface area contributed by atoms with Crippen molar-refractivity contribution >= 4 is 5.96 Å². The second kappa shape index (κ2) is 5.23. The summed E-state index contributed by atoms with van der Waals surface area (Å²) in [5, 5.41) is 2.97. The highest BCUT2D eigenvalue weighted by molar-refractivity contribution is 5.79. The molecule has 0 bridgehead atoms. The number of hydrogen-bond acceptors (Lipinski definition) is 4. The molecule has 0 amide bonds. The largest absolute Gasteiger partial charge is 0.448 e. The van der Waals surface area contributed by atoms with E-state index in [1.807, 2.05) is 13.8 Å². The van der Waals surface area contributed by atoms with Gasteiger partial charge in [-0.1, -0.05) is 0 Å². The predicted molar refractivity (Wildman–Crippen MR) is 53.4 cm³/mol. The lowest BCUT2D eigenvalue weighted by Gasteiger charge is -2.05. The van der Waals surface area contributed by atoms with Gasteiger partial charge in [0.25, 0.3) is 0 Å². The van der Waals surface area contributed by atoms with E-state index in [0.717, 1.165) is 18.0 Å². The topological polar surface area (TPSA) is 88.5 Å². The number of nitrogens with two attached hydrogens (primary N) is 1. The van der Waals surface area contributed by atoms with E-state index in [-0.39, 0.29) is 0 Å². The van der Waals surface area contributed by atoms with Gasteiger partial charge in [0.05, 0.1) is 6.54 Å². The summed E-state index contributed by atoms with van der Waals surface area (Å²) in [6.45, 7) is 5.03. The molecule has 1 aromatic rings. The maximum absolute atomic E-state index is 5.25. The molecule has 1 rings (SSSR count). The van der Waals surface area contributed by atoms with Gasteiger partial charge in [0.1, 0.15) is 11.5 Å². The van der Waals surface area contributed by atoms with Crippen LogP contribution in [0.2, 0.25) is 0 Å². The molecule has 4 N–H and O–H groups in total. The highest BCUT2D eigenvalue weighted by Gasteiger charge is 2.01. The van der Waals surface area contributed by atoms with E-state index < -0.39 is 0 Å². The molecule has 0 saturated carbocycles. The number of hydrogen-bond donors (Lipinski definition) is 3. The number of aliphatic imine (C=N–C) groups is 1. The van der Waals surface area contributed by atoms with Crippen LogP contribution in [0.1, 0.15) is 18.4 Å². The normalized spacial score (nSPS) is 11.5. The van der Waals surface area contributed by atoms with Crippen molar-refractivity contribution in [2.24, 2.45) is 10.8 Å². The molecule has 14 heavy (non-hydrogen) atoms. The van der Waals surface area contributed by atoms with E-state index in [1.165, 1.54) is 6.39 Å². The standard InChI is InChI=1S/C8H15N5O/c1-3-10-8(13-9)11-4-7-6(2)14-5-12-7/h5H,3-4,9H2,1-2H3,(H2,10,11,13). The Morgan fingerprint density at radius 1 is 1.71 bits per heavy atom. The van der Waals surface area contributed by atoms with Crippen molar-refractivity contribution in [3.05, 3.63) is 17.8 Å². The fraction of sp³-hybridized carbons (Fsp3) is 0.500. The van der Waals surface area contributed by atoms with Gasteiger partial charge >= 0.3 is 0 Å². The van der Waals surface area contributed by atoms with Crippen LogP contribution in [-0.2, 0) is 6.54 Å². The average Bonchev–Trinajstić information content (AvgIpc) is 2.59. The minimum Gasteiger partial charge on any atom is -0.448 e. The monoisotopic (exact) mass is 197 g/mol. The van der Waals surface area contributed by atoms with Crippen LogP contribution in [0.4, 0.5) is 0 Å². The summed E-state index contributed by atoms with van der Waals surface area (Å²) in [5.41, 5.74) is 3.28. The van der Waals surface area contributed by atoms with Crippen LogP contribution in [-0.4, -0.2) is 17.5 Å². The fourth-order valence-corrected chi connectivity index (χ4v) is 0.954. The minimum atomic E-state index is 0.453. The van der Waals surface area contributed by atoms with Gasteiger partial charge in [0, 0.05) is 6.54 Å². The highest BCUT2D eigenvalue weighted by Crippen LogP contribution is 2.05. The summed E-state index contributed by atoms with van der Waals surface area (Å²) in [6, 6.07) is 0. The first kappa shape index (κ1) is 10.5. The molecule has 0 fully saturated rings. The minimum absolute atomic E-state index is 0.453. The maximum Gasteiger partial charge on any atom is 0.206 e. The third-order valence-electron chi connectivity index (χ3n) is 1.71. The Morgan fingerprint density at radius 3 is 3.00 bits per heavy atom. The van der Waals surface area contributed by atoms with E-state index in [2.05, 4.69) is 20.7 Å². The molecule has 78 valence electrons. The number of aromatic nitrogens is 1. The van der Waals surface area contributed by atoms with Crippen molar-refractivity contribution in [1.82, 2.24) is 15.7 Å². The van der Waals surface area contributed by atoms with Gasteiger partial charge in [-0.25, -0.2) is 15.8 Å². The van der Waals surface area contributed by atoms with Crippen LogP contribution >= 0.6 is 0 Å². The third kappa shape index (κ3) is 2.74. The van der Waals surface area contributed by atoms with E-state index >= 15 is 0 Å². The van der Waals surface area contributed by atoms with Crippen LogP contribution in [0, 0.1) is 6.92 Å². The molecule has 0 aliphatic heterocycles. The van der Waals surface area contributed by atoms with Crippen LogP contribution in [0.25, 0.3) is 0 Å². The van der Waals surface area contributed by atoms with Crippen molar-refractivity contribution < 1.29 is 4.42 Å². The molecule has 6 nitrogen and oxygen atoms in total. The van der Waals surface area contributed by atoms with Gasteiger partial charge in [-0.2, -0.15) is 0 Å². The van der Waals surface area contributed by atoms with Gasteiger partial charge in [-0.15, -0.1) is 0 Å². The molecule has 0 aliphatic carbocycles. The first-order chi connectivity index (χ1) is 6.77. The van der Waals surface area contributed by atoms with Crippen molar-refractivity contribution in [3.8, 4) is 0 Å². The number of nitrogens with one attached hydrogen (secondary N) is 2. The lowest BCUT2D eigenvalue weighted by Crippen LogP contribution is -2.41. The zero-order valence-electron chi connectivity index (χ0n) is 8.37. The number of nitrogens with zero attached hydrogens (tertiary/aromatic N) is 2. The van der Waals surface area contributed by atoms with E-state index in [1.54, 1.807) is 0 Å². The molecular weight excluding hydrogens is 182 g/mol. The Balaban J connectivity index is 2.56. The second-order valence-corrected chi connectivity index (χ2v) is 2.69. The Hall–Kier alpha value is -1.56. The molecular formula is C8H15N5O. The molecule has 0 radical (unpaired) electrons. The smallest absolute Gasteiger partial charge is 0.206 e. The average molecular weight is 197 g/mol. The predicted octanol–water partition coefficient (Wildman–Crippen LogP) is -0.0882. The summed E-state index contributed by atoms with van der Waals surface area (Å²) >= 11 is 0. The molecule has 1 heterocycles. The summed E-state index contributed by atoms with van der Waals surface area (Å²) in [4.78, 5) is 8.19. The quantitative estimate of drug-likeness (QED) is 0.273. The maximum atomic E-state index is 5.25. The summed E-state index contributed by atoms with van der Waals surface area (Å²) in [7, 11) is 0.